The van der Waals surface area contributed by atoms with Crippen molar-refractivity contribution in [3.05, 3.63) is 79.8 Å². The zero-order valence-electron chi connectivity index (χ0n) is 15.5. The van der Waals surface area contributed by atoms with Gasteiger partial charge in [-0.3, -0.25) is 14.3 Å². The molecule has 0 amide bonds. The van der Waals surface area contributed by atoms with Crippen molar-refractivity contribution in [1.82, 2.24) is 14.5 Å². The van der Waals surface area contributed by atoms with E-state index in [1.165, 1.54) is 17.7 Å². The van der Waals surface area contributed by atoms with Crippen LogP contribution in [-0.2, 0) is 0 Å². The zero-order valence-corrected chi connectivity index (χ0v) is 17.9. The number of benzene rings is 2. The molecular formula is C21H14BrF2N3O2S. The minimum Gasteiger partial charge on any atom is -0.495 e. The number of nitrogens with one attached hydrogen (secondary N) is 1. The first-order valence-corrected chi connectivity index (χ1v) is 9.98. The second-order valence-corrected chi connectivity index (χ2v) is 7.67. The number of aromatic nitrogens is 3. The molecule has 4 rings (SSSR count). The van der Waals surface area contributed by atoms with Crippen molar-refractivity contribution in [3.8, 4) is 22.7 Å². The fourth-order valence-corrected chi connectivity index (χ4v) is 3.78. The van der Waals surface area contributed by atoms with Crippen LogP contribution in [0.1, 0.15) is 12.0 Å². The van der Waals surface area contributed by atoms with Crippen LogP contribution < -0.4 is 10.3 Å². The van der Waals surface area contributed by atoms with Crippen molar-refractivity contribution >= 4 is 39.2 Å². The Kier molecular flexibility index (Phi) is 5.48. The summed E-state index contributed by atoms with van der Waals surface area (Å²) >= 11 is 8.72. The van der Waals surface area contributed by atoms with Crippen LogP contribution in [0.25, 0.3) is 28.0 Å². The van der Waals surface area contributed by atoms with Crippen LogP contribution in [-0.4, -0.2) is 21.6 Å². The van der Waals surface area contributed by atoms with Gasteiger partial charge in [0.15, 0.2) is 10.4 Å². The van der Waals surface area contributed by atoms with Crippen molar-refractivity contribution < 1.29 is 13.5 Å². The maximum absolute atomic E-state index is 14.0. The molecular weight excluding hydrogens is 476 g/mol. The van der Waals surface area contributed by atoms with E-state index in [1.807, 2.05) is 0 Å². The van der Waals surface area contributed by atoms with E-state index >= 15 is 0 Å². The molecule has 0 unspecified atom stereocenters. The van der Waals surface area contributed by atoms with Crippen LogP contribution in [0.4, 0.5) is 8.78 Å². The summed E-state index contributed by atoms with van der Waals surface area (Å²) in [7, 11) is 1.49. The van der Waals surface area contributed by atoms with Gasteiger partial charge in [-0.15, -0.1) is 0 Å². The summed E-state index contributed by atoms with van der Waals surface area (Å²) in [4.78, 5) is 19.7. The second kappa shape index (κ2) is 8.08. The van der Waals surface area contributed by atoms with Gasteiger partial charge in [-0.05, 0) is 42.5 Å². The highest BCUT2D eigenvalue weighted by molar-refractivity contribution is 9.10. The topological polar surface area (TPSA) is 59.9 Å². The van der Waals surface area contributed by atoms with Crippen LogP contribution in [0.5, 0.6) is 5.75 Å². The number of rotatable bonds is 4. The summed E-state index contributed by atoms with van der Waals surface area (Å²) in [6.45, 7) is 0. The van der Waals surface area contributed by atoms with Crippen LogP contribution >= 0.6 is 28.1 Å². The lowest BCUT2D eigenvalue weighted by Gasteiger charge is -2.16. The van der Waals surface area contributed by atoms with E-state index in [1.54, 1.807) is 48.5 Å². The Morgan fingerprint density at radius 3 is 2.53 bits per heavy atom. The van der Waals surface area contributed by atoms with E-state index in [0.29, 0.717) is 22.7 Å². The maximum atomic E-state index is 14.0. The molecule has 0 fully saturated rings. The Hall–Kier alpha value is -2.91. The third kappa shape index (κ3) is 3.54. The summed E-state index contributed by atoms with van der Waals surface area (Å²) in [5.74, 6) is 0.455. The molecule has 2 heterocycles. The van der Waals surface area contributed by atoms with E-state index < -0.39 is 17.5 Å². The molecule has 1 N–H and O–H groups in total. The number of alkyl halides is 2. The van der Waals surface area contributed by atoms with E-state index in [4.69, 9.17) is 17.0 Å². The molecule has 0 bridgehead atoms. The third-order valence-corrected chi connectivity index (χ3v) is 5.41. The molecule has 152 valence electrons. The Labute approximate surface area is 183 Å². The second-order valence-electron chi connectivity index (χ2n) is 6.37. The van der Waals surface area contributed by atoms with E-state index in [-0.39, 0.29) is 15.8 Å². The standard InChI is InChI=1S/C21H14BrF2N3O2S/c1-29-16-5-3-2-4-15(16)27-19-17(20(28)26-21(27)30)13(18(23)24)10-14(25-19)11-6-8-12(22)9-7-11/h2-10,18H,1H3,(H,26,28,30). The summed E-state index contributed by atoms with van der Waals surface area (Å²) in [5.41, 5.74) is 0.300. The van der Waals surface area contributed by atoms with Crippen LogP contribution in [0, 0.1) is 4.77 Å². The predicted octanol–water partition coefficient (Wildman–Crippen LogP) is 5.82. The Balaban J connectivity index is 2.16. The maximum Gasteiger partial charge on any atom is 0.264 e. The number of para-hydroxylation sites is 2. The van der Waals surface area contributed by atoms with Crippen LogP contribution in [0.3, 0.4) is 0 Å². The molecule has 30 heavy (non-hydrogen) atoms. The smallest absolute Gasteiger partial charge is 0.264 e. The Bertz CT molecular complexity index is 1370. The van der Waals surface area contributed by atoms with Gasteiger partial charge in [0.05, 0.1) is 23.9 Å². The number of nitrogens with zero attached hydrogens (tertiary/aromatic N) is 2. The molecule has 9 heteroatoms. The van der Waals surface area contributed by atoms with Gasteiger partial charge in [-0.2, -0.15) is 0 Å². The lowest BCUT2D eigenvalue weighted by molar-refractivity contribution is 0.153. The largest absolute Gasteiger partial charge is 0.495 e. The number of hydrogen-bond acceptors (Lipinski definition) is 4. The number of pyridine rings is 1. The third-order valence-electron chi connectivity index (χ3n) is 4.59. The SMILES string of the molecule is COc1ccccc1-n1c(=S)[nH]c(=O)c2c(C(F)F)cc(-c3ccc(Br)cc3)nc21. The van der Waals surface area contributed by atoms with Crippen LogP contribution in [0.2, 0.25) is 0 Å². The number of fused-ring (bicyclic) bond motifs is 1. The highest BCUT2D eigenvalue weighted by Gasteiger charge is 2.21. The lowest BCUT2D eigenvalue weighted by atomic mass is 10.1. The fourth-order valence-electron chi connectivity index (χ4n) is 3.24. The van der Waals surface area contributed by atoms with Gasteiger partial charge >= 0.3 is 0 Å². The van der Waals surface area contributed by atoms with E-state index in [2.05, 4.69) is 25.9 Å². The number of H-pyrrole nitrogens is 1. The molecule has 0 aliphatic carbocycles. The minimum atomic E-state index is -2.88. The van der Waals surface area contributed by atoms with E-state index in [0.717, 1.165) is 4.47 Å². The molecule has 0 atom stereocenters. The normalized spacial score (nSPS) is 11.2. The first-order chi connectivity index (χ1) is 14.4. The van der Waals surface area contributed by atoms with Crippen molar-refractivity contribution in [1.29, 1.82) is 0 Å². The van der Waals surface area contributed by atoms with Gasteiger partial charge in [0.1, 0.15) is 5.75 Å². The fraction of sp³-hybridized carbons (Fsp3) is 0.0952. The molecule has 2 aromatic heterocycles. The average molecular weight is 490 g/mol. The number of ether oxygens (including phenoxy) is 1. The first kappa shape index (κ1) is 20.4. The number of methoxy groups -OCH3 is 1. The molecule has 4 aromatic rings. The minimum absolute atomic E-state index is 0.0256. The first-order valence-electron chi connectivity index (χ1n) is 8.78. The summed E-state index contributed by atoms with van der Waals surface area (Å²) in [5, 5.41) is -0.217. The van der Waals surface area contributed by atoms with Crippen molar-refractivity contribution in [2.24, 2.45) is 0 Å². The zero-order chi connectivity index (χ0) is 21.4. The van der Waals surface area contributed by atoms with Crippen molar-refractivity contribution in [2.75, 3.05) is 7.11 Å². The van der Waals surface area contributed by atoms with Crippen molar-refractivity contribution in [2.45, 2.75) is 6.43 Å². The lowest BCUT2D eigenvalue weighted by Crippen LogP contribution is -2.17. The summed E-state index contributed by atoms with van der Waals surface area (Å²) < 4.78 is 35.6. The molecule has 0 saturated carbocycles. The average Bonchev–Trinajstić information content (AvgIpc) is 2.73. The Morgan fingerprint density at radius 1 is 1.17 bits per heavy atom. The predicted molar refractivity (Wildman–Crippen MR) is 117 cm³/mol. The Morgan fingerprint density at radius 2 is 1.87 bits per heavy atom. The van der Waals surface area contributed by atoms with Gasteiger partial charge in [0.2, 0.25) is 0 Å². The molecule has 0 radical (unpaired) electrons. The van der Waals surface area contributed by atoms with Crippen LogP contribution in [0.15, 0.2) is 63.9 Å². The molecule has 0 spiro atoms. The molecule has 0 aliphatic heterocycles. The molecule has 2 aromatic carbocycles. The van der Waals surface area contributed by atoms with E-state index in [9.17, 15) is 13.6 Å². The number of halogens is 3. The van der Waals surface area contributed by atoms with Gasteiger partial charge < -0.3 is 4.74 Å². The highest BCUT2D eigenvalue weighted by Crippen LogP contribution is 2.32. The molecule has 5 nitrogen and oxygen atoms in total. The quantitative estimate of drug-likeness (QED) is 0.367. The van der Waals surface area contributed by atoms with Gasteiger partial charge in [0.25, 0.3) is 12.0 Å². The monoisotopic (exact) mass is 489 g/mol. The highest BCUT2D eigenvalue weighted by atomic mass is 79.9. The van der Waals surface area contributed by atoms with Gasteiger partial charge in [0, 0.05) is 15.6 Å². The summed E-state index contributed by atoms with van der Waals surface area (Å²) in [6.07, 6.45) is -2.88. The molecule has 0 aliphatic rings. The van der Waals surface area contributed by atoms with Gasteiger partial charge in [-0.1, -0.05) is 40.2 Å². The number of hydrogen-bond donors (Lipinski definition) is 1. The number of aromatic amines is 1. The van der Waals surface area contributed by atoms with Crippen molar-refractivity contribution in [3.63, 3.8) is 0 Å². The summed E-state index contributed by atoms with van der Waals surface area (Å²) in [6, 6.07) is 15.3. The molecule has 0 saturated heterocycles. The van der Waals surface area contributed by atoms with Gasteiger partial charge in [-0.25, -0.2) is 13.8 Å².